The number of amides is 3. The minimum atomic E-state index is -1.64. The summed E-state index contributed by atoms with van der Waals surface area (Å²) >= 11 is 0. The third-order valence-electron chi connectivity index (χ3n) is 9.99. The Morgan fingerprint density at radius 3 is 2.00 bits per heavy atom. The molecule has 1 fully saturated rings. The van der Waals surface area contributed by atoms with E-state index in [0.29, 0.717) is 32.0 Å². The van der Waals surface area contributed by atoms with Crippen LogP contribution in [-0.4, -0.2) is 75.7 Å². The summed E-state index contributed by atoms with van der Waals surface area (Å²) in [6.07, 6.45) is 5.77. The Morgan fingerprint density at radius 1 is 0.906 bits per heavy atom. The van der Waals surface area contributed by atoms with Gasteiger partial charge in [-0.25, -0.2) is 4.79 Å². The molecule has 1 unspecified atom stereocenters. The summed E-state index contributed by atoms with van der Waals surface area (Å²) in [6.45, 7) is 21.6. The number of piperidine rings is 1. The van der Waals surface area contributed by atoms with Crippen LogP contribution in [0.2, 0.25) is 13.1 Å². The Hall–Kier alpha value is -3.47. The van der Waals surface area contributed by atoms with Crippen molar-refractivity contribution in [3.63, 3.8) is 0 Å². The fourth-order valence-electron chi connectivity index (χ4n) is 7.10. The summed E-state index contributed by atoms with van der Waals surface area (Å²) in [4.78, 5) is 44.1. The number of benzene rings is 2. The second-order valence-corrected chi connectivity index (χ2v) is 19.6. The Kier molecular flexibility index (Phi) is 16.8. The number of rotatable bonds is 16. The zero-order valence-electron chi connectivity index (χ0n) is 34.3. The van der Waals surface area contributed by atoms with Crippen LogP contribution in [0.5, 0.6) is 0 Å². The highest BCUT2D eigenvalue weighted by molar-refractivity contribution is 6.48. The van der Waals surface area contributed by atoms with Gasteiger partial charge < -0.3 is 30.0 Å². The average Bonchev–Trinajstić information content (AvgIpc) is 3.09. The van der Waals surface area contributed by atoms with Crippen LogP contribution in [0.3, 0.4) is 0 Å². The number of carbonyl (C=O) groups is 3. The van der Waals surface area contributed by atoms with Gasteiger partial charge in [0.25, 0.3) is 0 Å². The normalized spacial score (nSPS) is 17.3. The van der Waals surface area contributed by atoms with Crippen molar-refractivity contribution >= 4 is 33.0 Å². The van der Waals surface area contributed by atoms with E-state index < -0.39 is 44.8 Å². The summed E-state index contributed by atoms with van der Waals surface area (Å²) < 4.78 is 12.6. The smallest absolute Gasteiger partial charge is 0.407 e. The number of carbonyl (C=O) groups excluding carboxylic acids is 3. The van der Waals surface area contributed by atoms with E-state index in [2.05, 4.69) is 55.9 Å². The van der Waals surface area contributed by atoms with E-state index in [1.165, 1.54) is 0 Å². The van der Waals surface area contributed by atoms with Gasteiger partial charge in [0.2, 0.25) is 11.8 Å². The van der Waals surface area contributed by atoms with E-state index in [-0.39, 0.29) is 29.1 Å². The van der Waals surface area contributed by atoms with Gasteiger partial charge in [-0.1, -0.05) is 107 Å². The molecule has 0 aromatic heterocycles. The number of nitrogens with one attached hydrogen (secondary N) is 3. The second-order valence-electron chi connectivity index (χ2n) is 17.3. The molecule has 9 nitrogen and oxygen atoms in total. The van der Waals surface area contributed by atoms with Crippen molar-refractivity contribution in [2.45, 2.75) is 124 Å². The number of hydrogen-bond donors (Lipinski definition) is 3. The Balaban J connectivity index is 2.06. The lowest BCUT2D eigenvalue weighted by atomic mass is 9.69. The predicted molar refractivity (Wildman–Crippen MR) is 219 cm³/mol. The third-order valence-corrected chi connectivity index (χ3v) is 10.8. The SMILES string of the molecule is CNC1CCN(C(=O)[C@@H](NC(=O)[C@@H](CC=Cc2ccccc2)C[C@H]([C@H](NC(=O)OC(C)(C)C)C(O[SiH](C)C)c2ccccc2)C(C)(C)C)C(C)C)CC1. The topological polar surface area (TPSA) is 109 Å². The van der Waals surface area contributed by atoms with E-state index in [0.717, 1.165) is 24.0 Å². The van der Waals surface area contributed by atoms with E-state index in [1.807, 2.05) is 113 Å². The number of nitrogens with zero attached hydrogens (tertiary/aromatic N) is 1. The van der Waals surface area contributed by atoms with Gasteiger partial charge >= 0.3 is 6.09 Å². The number of ether oxygens (including phenoxy) is 1. The molecule has 2 aromatic rings. The van der Waals surface area contributed by atoms with E-state index in [1.54, 1.807) is 0 Å². The molecule has 0 aliphatic carbocycles. The van der Waals surface area contributed by atoms with Crippen molar-refractivity contribution in [3.8, 4) is 0 Å². The fraction of sp³-hybridized carbons (Fsp3) is 0.605. The molecule has 2 aromatic carbocycles. The van der Waals surface area contributed by atoms with Crippen LogP contribution in [0.4, 0.5) is 4.79 Å². The van der Waals surface area contributed by atoms with Crippen molar-refractivity contribution in [3.05, 3.63) is 77.9 Å². The van der Waals surface area contributed by atoms with Crippen molar-refractivity contribution in [1.29, 1.82) is 0 Å². The molecule has 0 radical (unpaired) electrons. The number of allylic oxidation sites excluding steroid dienone is 1. The van der Waals surface area contributed by atoms with Gasteiger partial charge in [-0.05, 0) is 95.0 Å². The Morgan fingerprint density at radius 2 is 1.49 bits per heavy atom. The Bertz CT molecular complexity index is 1450. The van der Waals surface area contributed by atoms with Crippen molar-refractivity contribution in [2.24, 2.45) is 23.2 Å². The average molecular weight is 749 g/mol. The quantitative estimate of drug-likeness (QED) is 0.152. The molecule has 5 atom stereocenters. The number of hydrogen-bond acceptors (Lipinski definition) is 6. The third kappa shape index (κ3) is 14.4. The summed E-state index contributed by atoms with van der Waals surface area (Å²) in [6, 6.07) is 19.3. The molecule has 0 spiro atoms. The van der Waals surface area contributed by atoms with E-state index >= 15 is 0 Å². The maximum absolute atomic E-state index is 14.6. The predicted octanol–water partition coefficient (Wildman–Crippen LogP) is 7.74. The van der Waals surface area contributed by atoms with Gasteiger partial charge in [0.15, 0.2) is 9.04 Å². The molecule has 3 rings (SSSR count). The van der Waals surface area contributed by atoms with Gasteiger partial charge in [0.05, 0.1) is 12.1 Å². The van der Waals surface area contributed by atoms with Crippen LogP contribution in [0.15, 0.2) is 66.7 Å². The first-order valence-corrected chi connectivity index (χ1v) is 22.4. The summed E-state index contributed by atoms with van der Waals surface area (Å²) in [5.74, 6) is -1.03. The lowest BCUT2D eigenvalue weighted by molar-refractivity contribution is -0.139. The largest absolute Gasteiger partial charge is 0.444 e. The summed E-state index contributed by atoms with van der Waals surface area (Å²) in [5.41, 5.74) is 0.929. The zero-order valence-corrected chi connectivity index (χ0v) is 35.4. The molecular formula is C43H68N4O5Si. The summed E-state index contributed by atoms with van der Waals surface area (Å²) in [5, 5.41) is 9.82. The zero-order chi connectivity index (χ0) is 39.3. The Labute approximate surface area is 321 Å². The van der Waals surface area contributed by atoms with Crippen LogP contribution in [0.1, 0.15) is 98.3 Å². The minimum absolute atomic E-state index is 0.0299. The fourth-order valence-corrected chi connectivity index (χ4v) is 8.01. The molecule has 10 heteroatoms. The van der Waals surface area contributed by atoms with Crippen molar-refractivity contribution in [1.82, 2.24) is 20.9 Å². The molecule has 53 heavy (non-hydrogen) atoms. The van der Waals surface area contributed by atoms with Crippen molar-refractivity contribution in [2.75, 3.05) is 20.1 Å². The maximum Gasteiger partial charge on any atom is 0.407 e. The highest BCUT2D eigenvalue weighted by atomic mass is 28.3. The number of alkyl carbamates (subject to hydrolysis) is 1. The lowest BCUT2D eigenvalue weighted by Crippen LogP contribution is -2.55. The van der Waals surface area contributed by atoms with E-state index in [9.17, 15) is 14.4 Å². The molecule has 0 saturated carbocycles. The van der Waals surface area contributed by atoms with E-state index in [4.69, 9.17) is 9.16 Å². The molecule has 1 heterocycles. The molecule has 0 bridgehead atoms. The van der Waals surface area contributed by atoms with Crippen LogP contribution in [0.25, 0.3) is 6.08 Å². The van der Waals surface area contributed by atoms with Gasteiger partial charge in [-0.2, -0.15) is 0 Å². The lowest BCUT2D eigenvalue weighted by Gasteiger charge is -2.43. The molecule has 1 saturated heterocycles. The standard InChI is InChI=1S/C43H68N4O5Si/c1-30(2)36(40(49)47-27-25-34(44-9)26-28-47)45-39(48)33(24-18-21-31-19-14-12-15-20-31)29-35(42(3,4)5)37(46-41(50)51-43(6,7)8)38(52-53(10)11)32-22-16-13-17-23-32/h12-23,30,33-38,44,53H,24-29H2,1-11H3,(H,45,48)(H,46,50)/t33-,35+,36-,37-,38?/m0/s1. The molecule has 294 valence electrons. The van der Waals surface area contributed by atoms with Gasteiger partial charge in [0.1, 0.15) is 11.6 Å². The van der Waals surface area contributed by atoms with Crippen LogP contribution in [-0.2, 0) is 18.8 Å². The van der Waals surface area contributed by atoms with Crippen LogP contribution < -0.4 is 16.0 Å². The molecule has 1 aliphatic heterocycles. The molecule has 3 amide bonds. The molecular weight excluding hydrogens is 681 g/mol. The van der Waals surface area contributed by atoms with Crippen LogP contribution >= 0.6 is 0 Å². The van der Waals surface area contributed by atoms with Gasteiger partial charge in [0, 0.05) is 25.0 Å². The highest BCUT2D eigenvalue weighted by Gasteiger charge is 2.43. The summed E-state index contributed by atoms with van der Waals surface area (Å²) in [7, 11) is 0.323. The van der Waals surface area contributed by atoms with Crippen LogP contribution in [0, 0.1) is 23.2 Å². The number of likely N-dealkylation sites (tertiary alicyclic amines) is 1. The van der Waals surface area contributed by atoms with Gasteiger partial charge in [-0.3, -0.25) is 9.59 Å². The minimum Gasteiger partial charge on any atom is -0.444 e. The highest BCUT2D eigenvalue weighted by Crippen LogP contribution is 2.41. The first-order chi connectivity index (χ1) is 24.9. The maximum atomic E-state index is 14.6. The second kappa shape index (κ2) is 20.3. The first-order valence-electron chi connectivity index (χ1n) is 19.6. The molecule has 1 aliphatic rings. The van der Waals surface area contributed by atoms with Crippen molar-refractivity contribution < 1.29 is 23.5 Å². The van der Waals surface area contributed by atoms with Gasteiger partial charge in [-0.15, -0.1) is 0 Å². The first kappa shape index (κ1) is 43.9. The molecule has 3 N–H and O–H groups in total. The monoisotopic (exact) mass is 748 g/mol.